The largest absolute Gasteiger partial charge is 0.497 e. The maximum Gasteiger partial charge on any atom is 0.119 e. The van der Waals surface area contributed by atoms with E-state index in [0.717, 1.165) is 25.3 Å². The number of benzene rings is 1. The minimum Gasteiger partial charge on any atom is -0.497 e. The zero-order valence-corrected chi connectivity index (χ0v) is 9.03. The molecule has 0 amide bonds. The van der Waals surface area contributed by atoms with Crippen molar-refractivity contribution in [1.82, 2.24) is 5.32 Å². The Bertz CT molecular complexity index is 308. The summed E-state index contributed by atoms with van der Waals surface area (Å²) in [5, 5.41) is 3.28. The summed E-state index contributed by atoms with van der Waals surface area (Å²) >= 11 is 0. The fourth-order valence-corrected chi connectivity index (χ4v) is 1.75. The van der Waals surface area contributed by atoms with Gasteiger partial charge in [0.15, 0.2) is 0 Å². The Hall–Kier alpha value is -1.06. The van der Waals surface area contributed by atoms with E-state index in [1.807, 2.05) is 18.2 Å². The van der Waals surface area contributed by atoms with E-state index < -0.39 is 0 Å². The third-order valence-electron chi connectivity index (χ3n) is 2.63. The molecule has 1 heterocycles. The van der Waals surface area contributed by atoms with E-state index in [9.17, 15) is 0 Å². The van der Waals surface area contributed by atoms with Crippen LogP contribution < -0.4 is 10.1 Å². The molecule has 1 aromatic rings. The Morgan fingerprint density at radius 1 is 1.47 bits per heavy atom. The molecule has 1 fully saturated rings. The second kappa shape index (κ2) is 5.14. The van der Waals surface area contributed by atoms with Crippen LogP contribution in [0.5, 0.6) is 5.75 Å². The van der Waals surface area contributed by atoms with Crippen LogP contribution in [0.3, 0.4) is 0 Å². The molecule has 3 nitrogen and oxygen atoms in total. The second-order valence-electron chi connectivity index (χ2n) is 3.78. The van der Waals surface area contributed by atoms with Crippen LogP contribution in [0.25, 0.3) is 0 Å². The van der Waals surface area contributed by atoms with Crippen LogP contribution in [0.1, 0.15) is 12.0 Å². The highest BCUT2D eigenvalue weighted by atomic mass is 16.5. The molecule has 82 valence electrons. The molecule has 1 atom stereocenters. The molecule has 0 radical (unpaired) electrons. The average Bonchev–Trinajstić information content (AvgIpc) is 2.79. The third kappa shape index (κ3) is 2.94. The first-order valence-electron chi connectivity index (χ1n) is 5.34. The van der Waals surface area contributed by atoms with E-state index in [1.165, 1.54) is 5.56 Å². The molecule has 0 saturated carbocycles. The van der Waals surface area contributed by atoms with E-state index in [2.05, 4.69) is 11.4 Å². The quantitative estimate of drug-likeness (QED) is 0.813. The summed E-state index contributed by atoms with van der Waals surface area (Å²) in [4.78, 5) is 0. The monoisotopic (exact) mass is 207 g/mol. The highest BCUT2D eigenvalue weighted by molar-refractivity contribution is 5.27. The predicted octanol–water partition coefficient (Wildman–Crippen LogP) is 1.57. The zero-order chi connectivity index (χ0) is 10.5. The van der Waals surface area contributed by atoms with Crippen molar-refractivity contribution >= 4 is 0 Å². The minimum atomic E-state index is 0.371. The minimum absolute atomic E-state index is 0.371. The van der Waals surface area contributed by atoms with Crippen molar-refractivity contribution in [2.24, 2.45) is 0 Å². The molecule has 1 saturated heterocycles. The number of rotatable bonds is 4. The maximum atomic E-state index is 5.77. The molecule has 1 aliphatic rings. The lowest BCUT2D eigenvalue weighted by molar-refractivity contribution is 0.0541. The second-order valence-corrected chi connectivity index (χ2v) is 3.78. The van der Waals surface area contributed by atoms with Gasteiger partial charge in [0.05, 0.1) is 19.8 Å². The number of hydrogen-bond acceptors (Lipinski definition) is 3. The molecular formula is C12H17NO2. The lowest BCUT2D eigenvalue weighted by Crippen LogP contribution is -2.16. The van der Waals surface area contributed by atoms with Crippen LogP contribution in [0.4, 0.5) is 0 Å². The van der Waals surface area contributed by atoms with Crippen LogP contribution >= 0.6 is 0 Å². The van der Waals surface area contributed by atoms with Gasteiger partial charge >= 0.3 is 0 Å². The van der Waals surface area contributed by atoms with Crippen LogP contribution in [0.2, 0.25) is 0 Å². The predicted molar refractivity (Wildman–Crippen MR) is 59.1 cm³/mol. The Morgan fingerprint density at radius 3 is 3.13 bits per heavy atom. The molecule has 0 spiro atoms. The summed E-state index contributed by atoms with van der Waals surface area (Å²) in [5.74, 6) is 0.889. The molecule has 0 unspecified atom stereocenters. The van der Waals surface area contributed by atoms with Gasteiger partial charge in [-0.1, -0.05) is 12.1 Å². The molecule has 1 N–H and O–H groups in total. The summed E-state index contributed by atoms with van der Waals surface area (Å²) in [5.41, 5.74) is 1.17. The molecule has 1 aromatic carbocycles. The number of nitrogens with one attached hydrogen (secondary N) is 1. The smallest absolute Gasteiger partial charge is 0.119 e. The van der Waals surface area contributed by atoms with Gasteiger partial charge in [-0.05, 0) is 30.7 Å². The lowest BCUT2D eigenvalue weighted by Gasteiger charge is -2.10. The van der Waals surface area contributed by atoms with Gasteiger partial charge in [-0.15, -0.1) is 0 Å². The summed E-state index contributed by atoms with van der Waals surface area (Å²) in [6.07, 6.45) is 1.49. The molecule has 1 aliphatic heterocycles. The van der Waals surface area contributed by atoms with Gasteiger partial charge in [-0.3, -0.25) is 0 Å². The first kappa shape index (κ1) is 10.5. The maximum absolute atomic E-state index is 5.77. The van der Waals surface area contributed by atoms with Gasteiger partial charge in [0.2, 0.25) is 0 Å². The molecule has 2 rings (SSSR count). The highest BCUT2D eigenvalue weighted by Gasteiger charge is 2.14. The van der Waals surface area contributed by atoms with Crippen molar-refractivity contribution in [3.05, 3.63) is 29.8 Å². The number of ether oxygens (including phenoxy) is 2. The molecule has 0 bridgehead atoms. The molecule has 0 aromatic heterocycles. The zero-order valence-electron chi connectivity index (χ0n) is 9.03. The van der Waals surface area contributed by atoms with E-state index in [-0.39, 0.29) is 0 Å². The Kier molecular flexibility index (Phi) is 3.59. The van der Waals surface area contributed by atoms with Gasteiger partial charge in [0.25, 0.3) is 0 Å². The highest BCUT2D eigenvalue weighted by Crippen LogP contribution is 2.14. The van der Waals surface area contributed by atoms with Crippen LogP contribution in [0.15, 0.2) is 24.3 Å². The van der Waals surface area contributed by atoms with Gasteiger partial charge in [0.1, 0.15) is 5.75 Å². The first-order valence-corrected chi connectivity index (χ1v) is 5.34. The summed E-state index contributed by atoms with van der Waals surface area (Å²) in [7, 11) is 1.68. The van der Waals surface area contributed by atoms with E-state index >= 15 is 0 Å². The Balaban J connectivity index is 1.86. The average molecular weight is 207 g/mol. The summed E-state index contributed by atoms with van der Waals surface area (Å²) in [6.45, 7) is 2.72. The number of hydrogen-bond donors (Lipinski definition) is 1. The molecule has 0 aliphatic carbocycles. The van der Waals surface area contributed by atoms with Crippen molar-refractivity contribution < 1.29 is 9.47 Å². The van der Waals surface area contributed by atoms with E-state index in [1.54, 1.807) is 7.11 Å². The SMILES string of the molecule is COc1cccc(CO[C@@H]2CCNC2)c1. The van der Waals surface area contributed by atoms with Crippen molar-refractivity contribution in [2.75, 3.05) is 20.2 Å². The van der Waals surface area contributed by atoms with Gasteiger partial charge in [-0.2, -0.15) is 0 Å². The van der Waals surface area contributed by atoms with Crippen LogP contribution in [-0.4, -0.2) is 26.3 Å². The van der Waals surface area contributed by atoms with E-state index in [0.29, 0.717) is 12.7 Å². The fourth-order valence-electron chi connectivity index (χ4n) is 1.75. The van der Waals surface area contributed by atoms with Gasteiger partial charge in [0, 0.05) is 6.54 Å². The van der Waals surface area contributed by atoms with Crippen LogP contribution in [-0.2, 0) is 11.3 Å². The Morgan fingerprint density at radius 2 is 2.40 bits per heavy atom. The number of methoxy groups -OCH3 is 1. The lowest BCUT2D eigenvalue weighted by atomic mass is 10.2. The van der Waals surface area contributed by atoms with Crippen molar-refractivity contribution in [3.8, 4) is 5.75 Å². The first-order chi connectivity index (χ1) is 7.38. The normalized spacial score (nSPS) is 20.5. The van der Waals surface area contributed by atoms with Crippen molar-refractivity contribution in [3.63, 3.8) is 0 Å². The van der Waals surface area contributed by atoms with Crippen molar-refractivity contribution in [2.45, 2.75) is 19.1 Å². The van der Waals surface area contributed by atoms with Crippen LogP contribution in [0, 0.1) is 0 Å². The fraction of sp³-hybridized carbons (Fsp3) is 0.500. The molecule has 15 heavy (non-hydrogen) atoms. The third-order valence-corrected chi connectivity index (χ3v) is 2.63. The van der Waals surface area contributed by atoms with Gasteiger partial charge < -0.3 is 14.8 Å². The summed E-state index contributed by atoms with van der Waals surface area (Å²) < 4.78 is 10.9. The van der Waals surface area contributed by atoms with Crippen molar-refractivity contribution in [1.29, 1.82) is 0 Å². The van der Waals surface area contributed by atoms with E-state index in [4.69, 9.17) is 9.47 Å². The molecule has 3 heteroatoms. The van der Waals surface area contributed by atoms with Gasteiger partial charge in [-0.25, -0.2) is 0 Å². The topological polar surface area (TPSA) is 30.5 Å². The molecular weight excluding hydrogens is 190 g/mol. The summed E-state index contributed by atoms with van der Waals surface area (Å²) in [6, 6.07) is 8.01. The standard InChI is InChI=1S/C12H17NO2/c1-14-11-4-2-3-10(7-11)9-15-12-5-6-13-8-12/h2-4,7,12-13H,5-6,8-9H2,1H3/t12-/m1/s1. The Labute approximate surface area is 90.4 Å².